The smallest absolute Gasteiger partial charge is 0.0448 e. The maximum atomic E-state index is 9.11. The lowest BCUT2D eigenvalue weighted by atomic mass is 9.62. The van der Waals surface area contributed by atoms with E-state index in [1.165, 1.54) is 25.7 Å². The molecule has 0 bridgehead atoms. The lowest BCUT2D eigenvalue weighted by molar-refractivity contribution is 0.0449. The molecule has 0 aliphatic heterocycles. The molecular weight excluding hydrogens is 162 g/mol. The summed E-state index contributed by atoms with van der Waals surface area (Å²) in [4.78, 5) is 0. The summed E-state index contributed by atoms with van der Waals surface area (Å²) in [6.07, 6.45) is 5.99. The Morgan fingerprint density at radius 3 is 2.31 bits per heavy atom. The van der Waals surface area contributed by atoms with E-state index in [0.717, 1.165) is 6.42 Å². The van der Waals surface area contributed by atoms with Gasteiger partial charge in [0.25, 0.3) is 0 Å². The van der Waals surface area contributed by atoms with Gasteiger partial charge in [-0.2, -0.15) is 0 Å². The molecule has 2 N–H and O–H groups in total. The molecule has 0 aromatic heterocycles. The summed E-state index contributed by atoms with van der Waals surface area (Å²) in [5.74, 6) is 0. The molecule has 0 radical (unpaired) electrons. The second-order valence-electron chi connectivity index (χ2n) is 4.90. The predicted molar refractivity (Wildman–Crippen MR) is 55.7 cm³/mol. The Labute approximate surface area is 81.7 Å². The van der Waals surface area contributed by atoms with Gasteiger partial charge in [0.2, 0.25) is 0 Å². The highest BCUT2D eigenvalue weighted by atomic mass is 16.3. The molecule has 2 heteroatoms. The lowest BCUT2D eigenvalue weighted by Gasteiger charge is -2.50. The SMILES string of the molecule is CNC1(CCO)CCCCC1(C)C. The third-order valence-electron chi connectivity index (χ3n) is 3.97. The first kappa shape index (κ1) is 11.0. The fraction of sp³-hybridized carbons (Fsp3) is 1.00. The normalized spacial score (nSPS) is 33.2. The van der Waals surface area contributed by atoms with Gasteiger partial charge in [-0.05, 0) is 31.7 Å². The van der Waals surface area contributed by atoms with Crippen LogP contribution in [0.4, 0.5) is 0 Å². The molecule has 1 aliphatic rings. The summed E-state index contributed by atoms with van der Waals surface area (Å²) in [7, 11) is 2.03. The van der Waals surface area contributed by atoms with E-state index in [4.69, 9.17) is 5.11 Å². The van der Waals surface area contributed by atoms with Gasteiger partial charge in [0, 0.05) is 12.1 Å². The predicted octanol–water partition coefficient (Wildman–Crippen LogP) is 1.93. The zero-order valence-corrected chi connectivity index (χ0v) is 9.19. The second-order valence-corrected chi connectivity index (χ2v) is 4.90. The molecule has 0 aromatic rings. The molecular formula is C11H23NO. The maximum absolute atomic E-state index is 9.11. The summed E-state index contributed by atoms with van der Waals surface area (Å²) >= 11 is 0. The molecule has 1 saturated carbocycles. The number of aliphatic hydroxyl groups is 1. The van der Waals surface area contributed by atoms with Crippen LogP contribution in [0.3, 0.4) is 0 Å². The first-order chi connectivity index (χ1) is 6.08. The number of nitrogens with one attached hydrogen (secondary N) is 1. The van der Waals surface area contributed by atoms with Gasteiger partial charge in [-0.25, -0.2) is 0 Å². The van der Waals surface area contributed by atoms with Gasteiger partial charge in [0.15, 0.2) is 0 Å². The minimum absolute atomic E-state index is 0.167. The van der Waals surface area contributed by atoms with Crippen molar-refractivity contribution in [3.8, 4) is 0 Å². The minimum Gasteiger partial charge on any atom is -0.396 e. The minimum atomic E-state index is 0.167. The molecule has 1 fully saturated rings. The fourth-order valence-corrected chi connectivity index (χ4v) is 2.81. The van der Waals surface area contributed by atoms with Crippen molar-refractivity contribution in [1.29, 1.82) is 0 Å². The van der Waals surface area contributed by atoms with Crippen LogP contribution < -0.4 is 5.32 Å². The quantitative estimate of drug-likeness (QED) is 0.704. The summed E-state index contributed by atoms with van der Waals surface area (Å²) in [6, 6.07) is 0. The van der Waals surface area contributed by atoms with Crippen molar-refractivity contribution in [3.63, 3.8) is 0 Å². The Kier molecular flexibility index (Phi) is 3.36. The Bertz CT molecular complexity index is 163. The topological polar surface area (TPSA) is 32.3 Å². The molecule has 1 rings (SSSR count). The third kappa shape index (κ3) is 1.89. The highest BCUT2D eigenvalue weighted by Gasteiger charge is 2.44. The van der Waals surface area contributed by atoms with Crippen LogP contribution in [0.5, 0.6) is 0 Å². The Hall–Kier alpha value is -0.0800. The number of aliphatic hydroxyl groups excluding tert-OH is 1. The molecule has 0 heterocycles. The van der Waals surface area contributed by atoms with Crippen molar-refractivity contribution in [2.24, 2.45) is 5.41 Å². The molecule has 2 nitrogen and oxygen atoms in total. The van der Waals surface area contributed by atoms with Gasteiger partial charge in [-0.1, -0.05) is 26.7 Å². The summed E-state index contributed by atoms with van der Waals surface area (Å²) in [5.41, 5.74) is 0.489. The van der Waals surface area contributed by atoms with Gasteiger partial charge in [0.1, 0.15) is 0 Å². The van der Waals surface area contributed by atoms with Crippen LogP contribution in [0.15, 0.2) is 0 Å². The van der Waals surface area contributed by atoms with Gasteiger partial charge in [0.05, 0.1) is 0 Å². The largest absolute Gasteiger partial charge is 0.396 e. The van der Waals surface area contributed by atoms with Gasteiger partial charge >= 0.3 is 0 Å². The van der Waals surface area contributed by atoms with E-state index in [1.807, 2.05) is 7.05 Å². The first-order valence-corrected chi connectivity index (χ1v) is 5.38. The number of hydrogen-bond donors (Lipinski definition) is 2. The lowest BCUT2D eigenvalue weighted by Crippen LogP contribution is -2.56. The standard InChI is InChI=1S/C11H23NO/c1-10(2)6-4-5-7-11(10,12-3)8-9-13/h12-13H,4-9H2,1-3H3. The van der Waals surface area contributed by atoms with Crippen molar-refractivity contribution in [3.05, 3.63) is 0 Å². The molecule has 1 aliphatic carbocycles. The molecule has 0 spiro atoms. The number of rotatable bonds is 3. The van der Waals surface area contributed by atoms with E-state index in [-0.39, 0.29) is 5.54 Å². The van der Waals surface area contributed by atoms with Crippen LogP contribution >= 0.6 is 0 Å². The van der Waals surface area contributed by atoms with Crippen LogP contribution in [0.2, 0.25) is 0 Å². The van der Waals surface area contributed by atoms with E-state index in [9.17, 15) is 0 Å². The maximum Gasteiger partial charge on any atom is 0.0448 e. The first-order valence-electron chi connectivity index (χ1n) is 5.38. The van der Waals surface area contributed by atoms with Crippen molar-refractivity contribution in [2.45, 2.75) is 51.5 Å². The summed E-state index contributed by atoms with van der Waals surface area (Å²) in [6.45, 7) is 4.93. The molecule has 0 saturated heterocycles. The fourth-order valence-electron chi connectivity index (χ4n) is 2.81. The van der Waals surface area contributed by atoms with Crippen LogP contribution in [0.1, 0.15) is 46.0 Å². The highest BCUT2D eigenvalue weighted by molar-refractivity contribution is 5.01. The van der Waals surface area contributed by atoms with Gasteiger partial charge in [-0.3, -0.25) is 0 Å². The Balaban J connectivity index is 2.79. The van der Waals surface area contributed by atoms with E-state index >= 15 is 0 Å². The van der Waals surface area contributed by atoms with Crippen molar-refractivity contribution >= 4 is 0 Å². The zero-order chi connectivity index (χ0) is 9.95. The molecule has 13 heavy (non-hydrogen) atoms. The zero-order valence-electron chi connectivity index (χ0n) is 9.19. The Morgan fingerprint density at radius 2 is 1.85 bits per heavy atom. The van der Waals surface area contributed by atoms with Crippen molar-refractivity contribution in [2.75, 3.05) is 13.7 Å². The highest BCUT2D eigenvalue weighted by Crippen LogP contribution is 2.45. The average molecular weight is 185 g/mol. The molecule has 1 atom stereocenters. The van der Waals surface area contributed by atoms with Crippen LogP contribution in [-0.2, 0) is 0 Å². The second kappa shape index (κ2) is 3.97. The number of hydrogen-bond acceptors (Lipinski definition) is 2. The van der Waals surface area contributed by atoms with E-state index in [2.05, 4.69) is 19.2 Å². The molecule has 0 aromatic carbocycles. The molecule has 1 unspecified atom stereocenters. The van der Waals surface area contributed by atoms with Crippen LogP contribution in [-0.4, -0.2) is 24.3 Å². The Morgan fingerprint density at radius 1 is 1.23 bits per heavy atom. The van der Waals surface area contributed by atoms with Crippen molar-refractivity contribution in [1.82, 2.24) is 5.32 Å². The average Bonchev–Trinajstić information content (AvgIpc) is 2.09. The molecule has 0 amide bonds. The summed E-state index contributed by atoms with van der Waals surface area (Å²) in [5, 5.41) is 12.6. The van der Waals surface area contributed by atoms with Crippen LogP contribution in [0.25, 0.3) is 0 Å². The van der Waals surface area contributed by atoms with Crippen LogP contribution in [0, 0.1) is 5.41 Å². The van der Waals surface area contributed by atoms with E-state index in [0.29, 0.717) is 12.0 Å². The molecule has 78 valence electrons. The van der Waals surface area contributed by atoms with Gasteiger partial charge in [-0.15, -0.1) is 0 Å². The van der Waals surface area contributed by atoms with E-state index in [1.54, 1.807) is 0 Å². The van der Waals surface area contributed by atoms with E-state index < -0.39 is 0 Å². The monoisotopic (exact) mass is 185 g/mol. The van der Waals surface area contributed by atoms with Crippen molar-refractivity contribution < 1.29 is 5.11 Å². The summed E-state index contributed by atoms with van der Waals surface area (Å²) < 4.78 is 0. The van der Waals surface area contributed by atoms with Gasteiger partial charge < -0.3 is 10.4 Å². The third-order valence-corrected chi connectivity index (χ3v) is 3.97.